The van der Waals surface area contributed by atoms with Crippen LogP contribution in [0.25, 0.3) is 22.3 Å². The Morgan fingerprint density at radius 1 is 1.03 bits per heavy atom. The molecule has 0 aliphatic rings. The first-order valence-electron chi connectivity index (χ1n) is 10.1. The number of fused-ring (bicyclic) bond motifs is 1. The van der Waals surface area contributed by atoms with Crippen molar-refractivity contribution in [3.8, 4) is 17.1 Å². The zero-order chi connectivity index (χ0) is 23.6. The molecule has 1 aromatic heterocycles. The first kappa shape index (κ1) is 22.3. The first-order chi connectivity index (χ1) is 15.7. The quantitative estimate of drug-likeness (QED) is 0.335. The van der Waals surface area contributed by atoms with Gasteiger partial charge in [-0.05, 0) is 55.0 Å². The molecule has 0 bridgehead atoms. The summed E-state index contributed by atoms with van der Waals surface area (Å²) < 4.78 is 35.7. The van der Waals surface area contributed by atoms with Crippen LogP contribution >= 0.6 is 0 Å². The van der Waals surface area contributed by atoms with E-state index in [1.165, 1.54) is 12.1 Å². The van der Waals surface area contributed by atoms with Crippen LogP contribution in [0.2, 0.25) is 0 Å². The Bertz CT molecular complexity index is 1500. The third-order valence-electron chi connectivity index (χ3n) is 4.91. The number of aliphatic imine (C=N–C) groups is 1. The molecule has 7 nitrogen and oxygen atoms in total. The number of ether oxygens (including phenoxy) is 1. The molecule has 0 amide bonds. The summed E-state index contributed by atoms with van der Waals surface area (Å²) >= 11 is 0. The number of nitrogens with zero attached hydrogens (tertiary/aromatic N) is 1. The molecule has 0 spiro atoms. The molecule has 0 saturated carbocycles. The van der Waals surface area contributed by atoms with Gasteiger partial charge in [-0.25, -0.2) is 13.4 Å². The molecule has 0 unspecified atom stereocenters. The van der Waals surface area contributed by atoms with Gasteiger partial charge in [-0.2, -0.15) is 0 Å². The van der Waals surface area contributed by atoms with Crippen LogP contribution < -0.4 is 15.9 Å². The van der Waals surface area contributed by atoms with Gasteiger partial charge in [0.2, 0.25) is 11.2 Å². The molecule has 0 aliphatic heterocycles. The number of rotatable bonds is 6. The maximum Gasteiger partial charge on any atom is 0.235 e. The smallest absolute Gasteiger partial charge is 0.235 e. The van der Waals surface area contributed by atoms with Gasteiger partial charge in [-0.15, -0.1) is 0 Å². The Hall–Kier alpha value is -3.91. The zero-order valence-corrected chi connectivity index (χ0v) is 18.9. The summed E-state index contributed by atoms with van der Waals surface area (Å²) in [5.41, 5.74) is 7.58. The highest BCUT2D eigenvalue weighted by Gasteiger charge is 2.19. The second-order valence-corrected chi connectivity index (χ2v) is 9.61. The summed E-state index contributed by atoms with van der Waals surface area (Å²) in [6.45, 7) is 1.82. The molecule has 0 fully saturated rings. The number of hydrogen-bond donors (Lipinski definition) is 1. The Morgan fingerprint density at radius 3 is 2.36 bits per heavy atom. The molecular formula is C25H22N2O5S. The van der Waals surface area contributed by atoms with Crippen LogP contribution in [-0.2, 0) is 16.4 Å². The molecule has 4 rings (SSSR count). The second kappa shape index (κ2) is 8.91. The number of amidine groups is 1. The molecule has 0 aliphatic carbocycles. The lowest BCUT2D eigenvalue weighted by atomic mass is 10.1. The van der Waals surface area contributed by atoms with E-state index in [2.05, 4.69) is 4.99 Å². The lowest BCUT2D eigenvalue weighted by molar-refractivity contribution is 0.298. The largest absolute Gasteiger partial charge is 0.481 e. The van der Waals surface area contributed by atoms with E-state index >= 15 is 0 Å². The molecular weight excluding hydrogens is 440 g/mol. The molecule has 0 saturated heterocycles. The standard InChI is InChI=1S/C25H22N2O5S/c1-16(26)27-19-10-13-22-21(14-19)23(28)25(31-15-17-6-4-3-5-7-17)24(32-22)18-8-11-20(12-9-18)33(2,29)30/h3-14H,15H2,1-2H3,(H2,26,27). The maximum atomic E-state index is 13.4. The van der Waals surface area contributed by atoms with Crippen molar-refractivity contribution in [2.75, 3.05) is 6.26 Å². The van der Waals surface area contributed by atoms with Gasteiger partial charge >= 0.3 is 0 Å². The van der Waals surface area contributed by atoms with E-state index in [1.54, 1.807) is 37.3 Å². The number of benzene rings is 3. The van der Waals surface area contributed by atoms with Crippen molar-refractivity contribution < 1.29 is 17.6 Å². The van der Waals surface area contributed by atoms with Crippen LogP contribution in [0, 0.1) is 0 Å². The van der Waals surface area contributed by atoms with Crippen LogP contribution in [0.5, 0.6) is 5.75 Å². The Labute approximate surface area is 191 Å². The second-order valence-electron chi connectivity index (χ2n) is 7.59. The lowest BCUT2D eigenvalue weighted by Gasteiger charge is -2.12. The van der Waals surface area contributed by atoms with E-state index in [1.807, 2.05) is 30.3 Å². The van der Waals surface area contributed by atoms with E-state index in [0.29, 0.717) is 28.1 Å². The van der Waals surface area contributed by atoms with Gasteiger partial charge in [0, 0.05) is 11.8 Å². The van der Waals surface area contributed by atoms with Gasteiger partial charge in [0.1, 0.15) is 12.2 Å². The van der Waals surface area contributed by atoms with Gasteiger partial charge in [0.05, 0.1) is 21.8 Å². The Morgan fingerprint density at radius 2 is 1.73 bits per heavy atom. The summed E-state index contributed by atoms with van der Waals surface area (Å²) in [5, 5.41) is 0.303. The van der Waals surface area contributed by atoms with Gasteiger partial charge < -0.3 is 14.9 Å². The fraction of sp³-hybridized carbons (Fsp3) is 0.120. The van der Waals surface area contributed by atoms with E-state index < -0.39 is 9.84 Å². The highest BCUT2D eigenvalue weighted by Crippen LogP contribution is 2.33. The topological polar surface area (TPSA) is 112 Å². The summed E-state index contributed by atoms with van der Waals surface area (Å²) in [4.78, 5) is 17.8. The van der Waals surface area contributed by atoms with E-state index in [4.69, 9.17) is 14.9 Å². The van der Waals surface area contributed by atoms with Gasteiger partial charge in [0.15, 0.2) is 15.6 Å². The number of sulfone groups is 1. The fourth-order valence-electron chi connectivity index (χ4n) is 3.34. The molecule has 1 heterocycles. The molecule has 0 radical (unpaired) electrons. The molecule has 4 aromatic rings. The minimum Gasteiger partial charge on any atom is -0.481 e. The maximum absolute atomic E-state index is 13.4. The lowest BCUT2D eigenvalue weighted by Crippen LogP contribution is -2.10. The average Bonchev–Trinajstić information content (AvgIpc) is 2.78. The van der Waals surface area contributed by atoms with Crippen molar-refractivity contribution in [1.82, 2.24) is 0 Å². The molecule has 0 atom stereocenters. The molecule has 3 aromatic carbocycles. The van der Waals surface area contributed by atoms with Crippen molar-refractivity contribution >= 4 is 32.3 Å². The molecule has 33 heavy (non-hydrogen) atoms. The zero-order valence-electron chi connectivity index (χ0n) is 18.1. The van der Waals surface area contributed by atoms with Crippen LogP contribution in [0.3, 0.4) is 0 Å². The number of hydrogen-bond acceptors (Lipinski definition) is 6. The molecule has 8 heteroatoms. The third-order valence-corrected chi connectivity index (χ3v) is 6.04. The van der Waals surface area contributed by atoms with E-state index in [9.17, 15) is 13.2 Å². The van der Waals surface area contributed by atoms with Crippen LogP contribution in [0.4, 0.5) is 5.69 Å². The summed E-state index contributed by atoms with van der Waals surface area (Å²) in [5.74, 6) is 0.612. The minimum absolute atomic E-state index is 0.0315. The molecule has 168 valence electrons. The van der Waals surface area contributed by atoms with E-state index in [0.717, 1.165) is 11.8 Å². The van der Waals surface area contributed by atoms with Crippen LogP contribution in [0.1, 0.15) is 12.5 Å². The average molecular weight is 463 g/mol. The SMILES string of the molecule is CC(N)=Nc1ccc2oc(-c3ccc(S(C)(=O)=O)cc3)c(OCc3ccccc3)c(=O)c2c1. The van der Waals surface area contributed by atoms with Crippen molar-refractivity contribution in [3.63, 3.8) is 0 Å². The minimum atomic E-state index is -3.36. The van der Waals surface area contributed by atoms with Crippen molar-refractivity contribution in [2.24, 2.45) is 10.7 Å². The highest BCUT2D eigenvalue weighted by atomic mass is 32.2. The first-order valence-corrected chi connectivity index (χ1v) is 12.0. The summed E-state index contributed by atoms with van der Waals surface area (Å²) in [7, 11) is -3.36. The summed E-state index contributed by atoms with van der Waals surface area (Å²) in [6, 6.07) is 20.5. The number of nitrogens with two attached hydrogens (primary N) is 1. The van der Waals surface area contributed by atoms with Crippen molar-refractivity contribution in [2.45, 2.75) is 18.4 Å². The van der Waals surface area contributed by atoms with Gasteiger partial charge in [-0.1, -0.05) is 30.3 Å². The van der Waals surface area contributed by atoms with Crippen LogP contribution in [0.15, 0.2) is 91.9 Å². The van der Waals surface area contributed by atoms with Gasteiger partial charge in [-0.3, -0.25) is 4.79 Å². The normalized spacial score (nSPS) is 12.1. The Balaban J connectivity index is 1.87. The van der Waals surface area contributed by atoms with Crippen molar-refractivity contribution in [3.05, 3.63) is 88.6 Å². The predicted octanol–water partition coefficient (Wildman–Crippen LogP) is 4.45. The van der Waals surface area contributed by atoms with Gasteiger partial charge in [0.25, 0.3) is 0 Å². The molecule has 2 N–H and O–H groups in total. The monoisotopic (exact) mass is 462 g/mol. The van der Waals surface area contributed by atoms with Crippen molar-refractivity contribution in [1.29, 1.82) is 0 Å². The fourth-order valence-corrected chi connectivity index (χ4v) is 3.97. The third kappa shape index (κ3) is 4.96. The highest BCUT2D eigenvalue weighted by molar-refractivity contribution is 7.90. The van der Waals surface area contributed by atoms with Crippen LogP contribution in [-0.4, -0.2) is 20.5 Å². The Kier molecular flexibility index (Phi) is 6.02. The predicted molar refractivity (Wildman–Crippen MR) is 129 cm³/mol. The van der Waals surface area contributed by atoms with E-state index in [-0.39, 0.29) is 28.4 Å². The summed E-state index contributed by atoms with van der Waals surface area (Å²) in [6.07, 6.45) is 1.13.